The fraction of sp³-hybridized carbons (Fsp3) is 1.00. The van der Waals surface area contributed by atoms with E-state index in [1.54, 1.807) is 24.1 Å². The van der Waals surface area contributed by atoms with Crippen LogP contribution < -0.4 is 0 Å². The van der Waals surface area contributed by atoms with Gasteiger partial charge >= 0.3 is 0 Å². The van der Waals surface area contributed by atoms with E-state index < -0.39 is 0 Å². The molecule has 0 heterocycles. The smallest absolute Gasteiger partial charge is 0.0375 e. The molecule has 18 heavy (non-hydrogen) atoms. The molecule has 0 aromatic carbocycles. The Morgan fingerprint density at radius 3 is 1.56 bits per heavy atom. The second-order valence-electron chi connectivity index (χ2n) is 3.56. The summed E-state index contributed by atoms with van der Waals surface area (Å²) in [6.45, 7) is 2.26. The summed E-state index contributed by atoms with van der Waals surface area (Å²) < 4.78 is 0. The molecule has 100 valence electrons. The van der Waals surface area contributed by atoms with Crippen LogP contribution in [0.5, 0.6) is 0 Å². The van der Waals surface area contributed by atoms with Gasteiger partial charge in [-0.25, -0.2) is 0 Å². The first-order valence-corrected chi connectivity index (χ1v) is 5.56. The van der Waals surface area contributed by atoms with Crippen LogP contribution in [0.25, 0.3) is 20.9 Å². The van der Waals surface area contributed by atoms with E-state index in [4.69, 9.17) is 11.1 Å². The molecule has 0 spiro atoms. The second kappa shape index (κ2) is 11.3. The van der Waals surface area contributed by atoms with Crippen molar-refractivity contribution in [1.82, 2.24) is 10.0 Å². The molecule has 0 amide bonds. The van der Waals surface area contributed by atoms with Gasteiger partial charge in [0.05, 0.1) is 0 Å². The Balaban J connectivity index is 3.69. The van der Waals surface area contributed by atoms with Crippen LogP contribution in [-0.4, -0.2) is 50.3 Å². The number of hydrogen-bond donors (Lipinski definition) is 0. The third-order valence-electron chi connectivity index (χ3n) is 1.95. The van der Waals surface area contributed by atoms with Crippen molar-refractivity contribution in [3.05, 3.63) is 20.9 Å². The summed E-state index contributed by atoms with van der Waals surface area (Å²) in [5.74, 6) is 0. The first-order valence-electron chi connectivity index (χ1n) is 5.56. The van der Waals surface area contributed by atoms with Gasteiger partial charge in [-0.1, -0.05) is 20.7 Å². The minimum absolute atomic E-state index is 0.457. The highest BCUT2D eigenvalue weighted by Gasteiger charge is 1.95. The molecule has 0 aromatic heterocycles. The van der Waals surface area contributed by atoms with Crippen LogP contribution in [0.4, 0.5) is 0 Å². The van der Waals surface area contributed by atoms with Crippen molar-refractivity contribution in [1.29, 1.82) is 0 Å². The number of hydrogen-bond acceptors (Lipinski definition) is 4. The van der Waals surface area contributed by atoms with E-state index in [9.17, 15) is 0 Å². The van der Waals surface area contributed by atoms with E-state index in [-0.39, 0.29) is 0 Å². The van der Waals surface area contributed by atoms with E-state index in [1.165, 1.54) is 0 Å². The number of rotatable bonds is 10. The van der Waals surface area contributed by atoms with Gasteiger partial charge in [-0.3, -0.25) is 10.0 Å². The van der Waals surface area contributed by atoms with E-state index in [0.717, 1.165) is 12.8 Å². The molecule has 0 saturated heterocycles. The highest BCUT2D eigenvalue weighted by atomic mass is 15.7. The summed E-state index contributed by atoms with van der Waals surface area (Å²) in [7, 11) is 3.60. The third kappa shape index (κ3) is 10.3. The van der Waals surface area contributed by atoms with Crippen LogP contribution in [0.15, 0.2) is 20.7 Å². The molecule has 0 aliphatic heterocycles. The standard InChI is InChI=1S/C8H18N10/c1-17(7-3-5-11-13-9)15-16-18(2)8-4-6-12-14-10/h3-8H2,1-2H3/b16-15+. The van der Waals surface area contributed by atoms with Crippen molar-refractivity contribution in [2.75, 3.05) is 40.3 Å². The molecule has 0 N–H and O–H groups in total. The van der Waals surface area contributed by atoms with Gasteiger partial charge < -0.3 is 0 Å². The first-order chi connectivity index (χ1) is 8.70. The summed E-state index contributed by atoms with van der Waals surface area (Å²) in [5.41, 5.74) is 16.2. The Labute approximate surface area is 105 Å². The topological polar surface area (TPSA) is 129 Å². The van der Waals surface area contributed by atoms with Gasteiger partial charge in [0.25, 0.3) is 0 Å². The zero-order chi connectivity index (χ0) is 13.6. The molecule has 0 unspecified atom stereocenters. The Morgan fingerprint density at radius 2 is 1.22 bits per heavy atom. The Hall–Kier alpha value is -2.18. The van der Waals surface area contributed by atoms with E-state index in [2.05, 4.69) is 30.5 Å². The highest BCUT2D eigenvalue weighted by Crippen LogP contribution is 1.94. The molecule has 10 nitrogen and oxygen atoms in total. The molecule has 10 heteroatoms. The molecule has 0 bridgehead atoms. The normalized spacial score (nSPS) is 9.67. The Bertz CT molecular complexity index is 295. The van der Waals surface area contributed by atoms with Crippen molar-refractivity contribution in [3.8, 4) is 0 Å². The summed E-state index contributed by atoms with van der Waals surface area (Å²) in [6, 6.07) is 0. The molecule has 0 aliphatic rings. The van der Waals surface area contributed by atoms with Gasteiger partial charge in [0.15, 0.2) is 0 Å². The molecule has 0 rings (SSSR count). The molecule has 0 saturated carbocycles. The zero-order valence-electron chi connectivity index (χ0n) is 10.7. The Kier molecular flexibility index (Phi) is 9.94. The maximum Gasteiger partial charge on any atom is 0.0375 e. The maximum atomic E-state index is 8.09. The van der Waals surface area contributed by atoms with Crippen LogP contribution in [0.3, 0.4) is 0 Å². The SMILES string of the molecule is CN(CCCN=[N+]=[N-])/N=N/N(C)CCCN=[N+]=[N-]. The molecule has 0 aliphatic carbocycles. The lowest BCUT2D eigenvalue weighted by Gasteiger charge is -2.14. The zero-order valence-corrected chi connectivity index (χ0v) is 10.7. The van der Waals surface area contributed by atoms with Crippen molar-refractivity contribution in [2.24, 2.45) is 20.7 Å². The number of azide groups is 2. The molecule has 0 fully saturated rings. The average molecular weight is 254 g/mol. The lowest BCUT2D eigenvalue weighted by Crippen LogP contribution is -2.17. The second-order valence-corrected chi connectivity index (χ2v) is 3.56. The van der Waals surface area contributed by atoms with Gasteiger partial charge in [-0.15, -0.1) is 0 Å². The maximum absolute atomic E-state index is 8.09. The predicted octanol–water partition coefficient (Wildman–Crippen LogP) is 2.53. The monoisotopic (exact) mass is 254 g/mol. The highest BCUT2D eigenvalue weighted by molar-refractivity contribution is 4.51. The van der Waals surface area contributed by atoms with Gasteiger partial charge in [0, 0.05) is 50.1 Å². The lowest BCUT2D eigenvalue weighted by molar-refractivity contribution is 0.247. The lowest BCUT2D eigenvalue weighted by atomic mass is 10.4. The molecule has 0 atom stereocenters. The van der Waals surface area contributed by atoms with Gasteiger partial charge in [0.2, 0.25) is 0 Å². The molecule has 0 aromatic rings. The summed E-state index contributed by atoms with van der Waals surface area (Å²) in [4.78, 5) is 5.33. The van der Waals surface area contributed by atoms with E-state index >= 15 is 0 Å². The van der Waals surface area contributed by atoms with Crippen LogP contribution in [0.2, 0.25) is 0 Å². The molecular formula is C8H18N10. The van der Waals surface area contributed by atoms with Gasteiger partial charge in [-0.05, 0) is 23.9 Å². The Morgan fingerprint density at radius 1 is 0.833 bits per heavy atom. The number of nitrogens with zero attached hydrogens (tertiary/aromatic N) is 10. The summed E-state index contributed by atoms with van der Waals surface area (Å²) >= 11 is 0. The van der Waals surface area contributed by atoms with Crippen molar-refractivity contribution >= 4 is 0 Å². The predicted molar refractivity (Wildman–Crippen MR) is 67.4 cm³/mol. The van der Waals surface area contributed by atoms with Crippen LogP contribution in [0, 0.1) is 0 Å². The fourth-order valence-corrected chi connectivity index (χ4v) is 1.06. The minimum Gasteiger partial charge on any atom is -0.280 e. The minimum atomic E-state index is 0.457. The van der Waals surface area contributed by atoms with Crippen LogP contribution in [0.1, 0.15) is 12.8 Å². The van der Waals surface area contributed by atoms with Crippen molar-refractivity contribution in [3.63, 3.8) is 0 Å². The average Bonchev–Trinajstić information content (AvgIpc) is 2.37. The molecule has 0 radical (unpaired) electrons. The van der Waals surface area contributed by atoms with E-state index in [0.29, 0.717) is 26.2 Å². The van der Waals surface area contributed by atoms with Gasteiger partial charge in [-0.2, -0.15) is 0 Å². The molecular weight excluding hydrogens is 236 g/mol. The largest absolute Gasteiger partial charge is 0.280 e. The summed E-state index contributed by atoms with van der Waals surface area (Å²) in [6.07, 6.45) is 1.47. The van der Waals surface area contributed by atoms with E-state index in [1.807, 2.05) is 0 Å². The van der Waals surface area contributed by atoms with Crippen molar-refractivity contribution in [2.45, 2.75) is 12.8 Å². The third-order valence-corrected chi connectivity index (χ3v) is 1.95. The summed E-state index contributed by atoms with van der Waals surface area (Å²) in [5, 5.41) is 18.1. The van der Waals surface area contributed by atoms with Crippen LogP contribution >= 0.6 is 0 Å². The van der Waals surface area contributed by atoms with Gasteiger partial charge in [0.1, 0.15) is 0 Å². The first kappa shape index (κ1) is 15.8. The fourth-order valence-electron chi connectivity index (χ4n) is 1.06. The quantitative estimate of drug-likeness (QED) is 0.195. The van der Waals surface area contributed by atoms with Crippen molar-refractivity contribution < 1.29 is 0 Å². The van der Waals surface area contributed by atoms with Crippen LogP contribution in [-0.2, 0) is 0 Å².